The van der Waals surface area contributed by atoms with E-state index in [1.165, 1.54) is 18.4 Å². The number of aryl methyl sites for hydroxylation is 1. The summed E-state index contributed by atoms with van der Waals surface area (Å²) >= 11 is 1.81. The van der Waals surface area contributed by atoms with E-state index in [4.69, 9.17) is 9.73 Å². The minimum atomic E-state index is -0.622. The molecule has 1 aliphatic heterocycles. The van der Waals surface area contributed by atoms with Crippen LogP contribution < -0.4 is 15.4 Å². The van der Waals surface area contributed by atoms with Crippen molar-refractivity contribution in [1.29, 1.82) is 0 Å². The van der Waals surface area contributed by atoms with Crippen molar-refractivity contribution in [2.45, 2.75) is 45.3 Å². The predicted octanol–water partition coefficient (Wildman–Crippen LogP) is 3.32. The second-order valence-corrected chi connectivity index (χ2v) is 8.55. The number of nitrogens with zero attached hydrogens (tertiary/aromatic N) is 1. The van der Waals surface area contributed by atoms with Crippen molar-refractivity contribution in [1.82, 2.24) is 10.6 Å². The van der Waals surface area contributed by atoms with Gasteiger partial charge in [0.05, 0.1) is 18.8 Å². The quantitative estimate of drug-likeness (QED) is 0.288. The van der Waals surface area contributed by atoms with Gasteiger partial charge in [0, 0.05) is 24.4 Å². The number of benzene rings is 1. The Kier molecular flexibility index (Phi) is 9.01. The molecule has 2 fully saturated rings. The van der Waals surface area contributed by atoms with Crippen molar-refractivity contribution in [3.05, 3.63) is 29.3 Å². The lowest BCUT2D eigenvalue weighted by atomic mass is 10.0. The third kappa shape index (κ3) is 7.34. The second kappa shape index (κ2) is 10.8. The van der Waals surface area contributed by atoms with Gasteiger partial charge in [-0.1, -0.05) is 12.1 Å². The van der Waals surface area contributed by atoms with Crippen molar-refractivity contribution in [3.63, 3.8) is 0 Å². The van der Waals surface area contributed by atoms with Crippen LogP contribution in [0.4, 0.5) is 0 Å². The maximum absolute atomic E-state index is 10.5. The number of hydrogen-bond acceptors (Lipinski definition) is 4. The monoisotopic (exact) mass is 505 g/mol. The van der Waals surface area contributed by atoms with E-state index >= 15 is 0 Å². The van der Waals surface area contributed by atoms with Gasteiger partial charge < -0.3 is 20.5 Å². The second-order valence-electron chi connectivity index (χ2n) is 7.44. The van der Waals surface area contributed by atoms with E-state index in [0.717, 1.165) is 54.3 Å². The molecule has 7 heteroatoms. The molecule has 1 saturated carbocycles. The van der Waals surface area contributed by atoms with Gasteiger partial charge in [-0.05, 0) is 56.4 Å². The van der Waals surface area contributed by atoms with Crippen LogP contribution in [0.1, 0.15) is 37.3 Å². The molecule has 1 aliphatic carbocycles. The number of rotatable bonds is 8. The molecule has 3 rings (SSSR count). The van der Waals surface area contributed by atoms with Gasteiger partial charge in [-0.25, -0.2) is 4.99 Å². The zero-order valence-corrected chi connectivity index (χ0v) is 19.4. The maximum Gasteiger partial charge on any atom is 0.191 e. The molecule has 152 valence electrons. The van der Waals surface area contributed by atoms with Crippen LogP contribution in [0.15, 0.2) is 23.2 Å². The molecule has 1 saturated heterocycles. The van der Waals surface area contributed by atoms with E-state index in [-0.39, 0.29) is 24.0 Å². The summed E-state index contributed by atoms with van der Waals surface area (Å²) in [6, 6.07) is 6.31. The first kappa shape index (κ1) is 22.6. The Bertz CT molecular complexity index is 632. The highest BCUT2D eigenvalue weighted by molar-refractivity contribution is 14.0. The highest BCUT2D eigenvalue weighted by Crippen LogP contribution is 2.31. The van der Waals surface area contributed by atoms with E-state index in [2.05, 4.69) is 35.8 Å². The fourth-order valence-corrected chi connectivity index (χ4v) is 4.20. The van der Waals surface area contributed by atoms with Crippen LogP contribution in [0.2, 0.25) is 0 Å². The lowest BCUT2D eigenvalue weighted by molar-refractivity contribution is 0.0724. The SMILES string of the molecule is CCNC(=NCc1ccc(C)cc1OCC1CC1)NCC1(O)CCSC1.I. The van der Waals surface area contributed by atoms with Crippen LogP contribution in [0.5, 0.6) is 5.75 Å². The minimum Gasteiger partial charge on any atom is -0.493 e. The van der Waals surface area contributed by atoms with E-state index in [1.54, 1.807) is 11.8 Å². The first-order chi connectivity index (χ1) is 12.6. The molecule has 0 aromatic heterocycles. The summed E-state index contributed by atoms with van der Waals surface area (Å²) in [6.45, 7) is 6.82. The molecule has 27 heavy (non-hydrogen) atoms. The zero-order chi connectivity index (χ0) is 18.4. The number of nitrogens with one attached hydrogen (secondary N) is 2. The number of aliphatic hydroxyl groups is 1. The molecular weight excluding hydrogens is 473 g/mol. The molecule has 0 spiro atoms. The molecule has 1 atom stereocenters. The van der Waals surface area contributed by atoms with E-state index in [1.807, 2.05) is 6.92 Å². The lowest BCUT2D eigenvalue weighted by Crippen LogP contribution is -2.47. The Morgan fingerprint density at radius 2 is 2.19 bits per heavy atom. The molecule has 0 bridgehead atoms. The highest BCUT2D eigenvalue weighted by atomic mass is 127. The van der Waals surface area contributed by atoms with Crippen LogP contribution in [0.3, 0.4) is 0 Å². The number of ether oxygens (including phenoxy) is 1. The number of guanidine groups is 1. The van der Waals surface area contributed by atoms with Gasteiger partial charge in [0.1, 0.15) is 5.75 Å². The Morgan fingerprint density at radius 1 is 1.37 bits per heavy atom. The minimum absolute atomic E-state index is 0. The molecule has 1 heterocycles. The van der Waals surface area contributed by atoms with Crippen LogP contribution in [-0.2, 0) is 6.54 Å². The summed E-state index contributed by atoms with van der Waals surface area (Å²) in [4.78, 5) is 4.71. The fourth-order valence-electron chi connectivity index (χ4n) is 2.91. The molecule has 5 nitrogen and oxygen atoms in total. The molecule has 1 aromatic rings. The average Bonchev–Trinajstić information content (AvgIpc) is 3.36. The van der Waals surface area contributed by atoms with Crippen molar-refractivity contribution in [2.75, 3.05) is 31.2 Å². The molecular formula is C20H32IN3O2S. The van der Waals surface area contributed by atoms with Gasteiger partial charge in [-0.2, -0.15) is 11.8 Å². The third-order valence-corrected chi connectivity index (χ3v) is 6.05. The summed E-state index contributed by atoms with van der Waals surface area (Å²) in [6.07, 6.45) is 3.41. The van der Waals surface area contributed by atoms with E-state index in [0.29, 0.717) is 13.1 Å². The lowest BCUT2D eigenvalue weighted by Gasteiger charge is -2.23. The molecule has 2 aliphatic rings. The van der Waals surface area contributed by atoms with Gasteiger partial charge in [-0.15, -0.1) is 24.0 Å². The normalized spacial score (nSPS) is 22.3. The van der Waals surface area contributed by atoms with E-state index < -0.39 is 5.60 Å². The fraction of sp³-hybridized carbons (Fsp3) is 0.650. The molecule has 1 aromatic carbocycles. The number of hydrogen-bond donors (Lipinski definition) is 3. The Balaban J connectivity index is 0.00000261. The Hall–Kier alpha value is -0.670. The summed E-state index contributed by atoms with van der Waals surface area (Å²) in [7, 11) is 0. The smallest absolute Gasteiger partial charge is 0.191 e. The van der Waals surface area contributed by atoms with Crippen molar-refractivity contribution in [3.8, 4) is 5.75 Å². The van der Waals surface area contributed by atoms with Gasteiger partial charge in [-0.3, -0.25) is 0 Å². The summed E-state index contributed by atoms with van der Waals surface area (Å²) in [5, 5.41) is 17.1. The topological polar surface area (TPSA) is 65.9 Å². The van der Waals surface area contributed by atoms with Gasteiger partial charge in [0.15, 0.2) is 5.96 Å². The van der Waals surface area contributed by atoms with Gasteiger partial charge >= 0.3 is 0 Å². The highest BCUT2D eigenvalue weighted by Gasteiger charge is 2.31. The molecule has 1 unspecified atom stereocenters. The number of aliphatic imine (C=N–C) groups is 1. The largest absolute Gasteiger partial charge is 0.493 e. The first-order valence-corrected chi connectivity index (χ1v) is 10.8. The Morgan fingerprint density at radius 3 is 2.85 bits per heavy atom. The van der Waals surface area contributed by atoms with Gasteiger partial charge in [0.2, 0.25) is 0 Å². The van der Waals surface area contributed by atoms with Crippen LogP contribution in [0, 0.1) is 12.8 Å². The van der Waals surface area contributed by atoms with E-state index in [9.17, 15) is 5.11 Å². The Labute approximate surface area is 184 Å². The standard InChI is InChI=1S/C20H31N3O2S.HI/c1-3-21-19(23-13-20(24)8-9-26-14-20)22-11-17-7-4-15(2)10-18(17)25-12-16-5-6-16;/h4,7,10,16,24H,3,5-6,8-9,11-14H2,1-2H3,(H2,21,22,23);1H. The molecule has 3 N–H and O–H groups in total. The van der Waals surface area contributed by atoms with Crippen LogP contribution in [-0.4, -0.2) is 47.9 Å². The molecule has 0 amide bonds. The average molecular weight is 505 g/mol. The predicted molar refractivity (Wildman–Crippen MR) is 125 cm³/mol. The van der Waals surface area contributed by atoms with Gasteiger partial charge in [0.25, 0.3) is 0 Å². The number of halogens is 1. The summed E-state index contributed by atoms with van der Waals surface area (Å²) in [5.41, 5.74) is 1.68. The first-order valence-electron chi connectivity index (χ1n) is 9.62. The third-order valence-electron chi connectivity index (χ3n) is 4.81. The van der Waals surface area contributed by atoms with Crippen molar-refractivity contribution < 1.29 is 9.84 Å². The van der Waals surface area contributed by atoms with Crippen LogP contribution in [0.25, 0.3) is 0 Å². The summed E-state index contributed by atoms with van der Waals surface area (Å²) < 4.78 is 6.04. The zero-order valence-electron chi connectivity index (χ0n) is 16.3. The molecule has 0 radical (unpaired) electrons. The van der Waals surface area contributed by atoms with Crippen molar-refractivity contribution in [2.24, 2.45) is 10.9 Å². The maximum atomic E-state index is 10.5. The van der Waals surface area contributed by atoms with Crippen LogP contribution >= 0.6 is 35.7 Å². The number of thioether (sulfide) groups is 1. The van der Waals surface area contributed by atoms with Crippen molar-refractivity contribution >= 4 is 41.7 Å². The summed E-state index contributed by atoms with van der Waals surface area (Å²) in [5.74, 6) is 4.23.